The van der Waals surface area contributed by atoms with Crippen LogP contribution >= 0.6 is 0 Å². The van der Waals surface area contributed by atoms with Crippen molar-refractivity contribution in [1.29, 1.82) is 0 Å². The van der Waals surface area contributed by atoms with E-state index in [1.165, 1.54) is 24.3 Å². The third kappa shape index (κ3) is 4.01. The Morgan fingerprint density at radius 1 is 0.968 bits per heavy atom. The summed E-state index contributed by atoms with van der Waals surface area (Å²) in [7, 11) is 0. The predicted octanol–water partition coefficient (Wildman–Crippen LogP) is 4.51. The van der Waals surface area contributed by atoms with E-state index in [9.17, 15) is 13.6 Å². The first-order valence-electron chi connectivity index (χ1n) is 10.4. The molecule has 0 bridgehead atoms. The van der Waals surface area contributed by atoms with Crippen LogP contribution in [0.5, 0.6) is 0 Å². The Bertz CT molecular complexity index is 1270. The van der Waals surface area contributed by atoms with Crippen molar-refractivity contribution >= 4 is 11.0 Å². The molecule has 0 amide bonds. The summed E-state index contributed by atoms with van der Waals surface area (Å²) >= 11 is 0. The zero-order valence-corrected chi connectivity index (χ0v) is 16.9. The van der Waals surface area contributed by atoms with Gasteiger partial charge in [0.05, 0.1) is 22.4 Å². The lowest BCUT2D eigenvalue weighted by atomic mass is 10.0. The number of benzene rings is 2. The van der Waals surface area contributed by atoms with Crippen molar-refractivity contribution in [3.63, 3.8) is 0 Å². The topological polar surface area (TPSA) is 53.9 Å². The Hall–Kier alpha value is -3.32. The van der Waals surface area contributed by atoms with Gasteiger partial charge in [-0.05, 0) is 67.4 Å². The Kier molecular flexibility index (Phi) is 5.11. The van der Waals surface area contributed by atoms with Crippen LogP contribution in [0.25, 0.3) is 22.3 Å². The van der Waals surface area contributed by atoms with E-state index in [1.54, 1.807) is 22.8 Å². The van der Waals surface area contributed by atoms with Gasteiger partial charge in [-0.1, -0.05) is 6.07 Å². The quantitative estimate of drug-likeness (QED) is 0.529. The molecular formula is C24H22F2N4O. The number of piperidine rings is 1. The fraction of sp³-hybridized carbons (Fsp3) is 0.250. The van der Waals surface area contributed by atoms with Crippen LogP contribution in [0.1, 0.15) is 24.6 Å². The van der Waals surface area contributed by atoms with Crippen molar-refractivity contribution in [2.45, 2.75) is 25.4 Å². The molecule has 1 saturated heterocycles. The van der Waals surface area contributed by atoms with Crippen molar-refractivity contribution in [2.24, 2.45) is 0 Å². The molecule has 1 fully saturated rings. The molecule has 1 aliphatic heterocycles. The van der Waals surface area contributed by atoms with E-state index in [1.807, 2.05) is 18.2 Å². The van der Waals surface area contributed by atoms with E-state index in [2.05, 4.69) is 9.88 Å². The fourth-order valence-corrected chi connectivity index (χ4v) is 4.38. The summed E-state index contributed by atoms with van der Waals surface area (Å²) in [6, 6.07) is 16.7. The van der Waals surface area contributed by atoms with Gasteiger partial charge in [0.25, 0.3) is 0 Å². The largest absolute Gasteiger partial charge is 0.326 e. The summed E-state index contributed by atoms with van der Waals surface area (Å²) in [5, 5.41) is 0. The molecule has 3 heterocycles. The molecule has 0 unspecified atom stereocenters. The highest BCUT2D eigenvalue weighted by Crippen LogP contribution is 2.26. The van der Waals surface area contributed by atoms with E-state index in [-0.39, 0.29) is 23.4 Å². The normalized spacial score (nSPS) is 15.5. The van der Waals surface area contributed by atoms with Crippen LogP contribution in [0.2, 0.25) is 0 Å². The first-order valence-corrected chi connectivity index (χ1v) is 10.4. The highest BCUT2D eigenvalue weighted by atomic mass is 19.1. The zero-order valence-electron chi connectivity index (χ0n) is 16.9. The average molecular weight is 420 g/mol. The minimum Gasteiger partial charge on any atom is -0.305 e. The lowest BCUT2D eigenvalue weighted by Crippen LogP contribution is -2.36. The van der Waals surface area contributed by atoms with E-state index in [4.69, 9.17) is 4.98 Å². The SMILES string of the molecule is O=c1[nH]c2cc(F)ccc2n1C1CCN(Cc2cccc(-c3ccc(F)cc3)n2)CC1. The molecule has 0 radical (unpaired) electrons. The first kappa shape index (κ1) is 19.6. The van der Waals surface area contributed by atoms with Gasteiger partial charge in [0.2, 0.25) is 0 Å². The molecule has 7 heteroatoms. The number of pyridine rings is 1. The molecule has 0 atom stereocenters. The lowest BCUT2D eigenvalue weighted by Gasteiger charge is -2.32. The van der Waals surface area contributed by atoms with Crippen molar-refractivity contribution in [3.8, 4) is 11.3 Å². The summed E-state index contributed by atoms with van der Waals surface area (Å²) in [4.78, 5) is 22.3. The number of halogens is 2. The zero-order chi connectivity index (χ0) is 21.4. The van der Waals surface area contributed by atoms with Crippen molar-refractivity contribution in [3.05, 3.63) is 88.5 Å². The van der Waals surface area contributed by atoms with Gasteiger partial charge in [-0.25, -0.2) is 13.6 Å². The maximum Gasteiger partial charge on any atom is 0.326 e. The molecule has 1 aliphatic rings. The number of aromatic nitrogens is 3. The Balaban J connectivity index is 1.28. The van der Waals surface area contributed by atoms with Crippen molar-refractivity contribution in [2.75, 3.05) is 13.1 Å². The molecule has 5 rings (SSSR count). The molecule has 2 aromatic heterocycles. The number of hydrogen-bond acceptors (Lipinski definition) is 3. The fourth-order valence-electron chi connectivity index (χ4n) is 4.38. The van der Waals surface area contributed by atoms with Gasteiger partial charge < -0.3 is 4.98 Å². The molecule has 31 heavy (non-hydrogen) atoms. The molecular weight excluding hydrogens is 398 g/mol. The number of aromatic amines is 1. The number of rotatable bonds is 4. The standard InChI is InChI=1S/C24H22F2N4O/c25-17-6-4-16(5-7-17)21-3-1-2-19(27-21)15-29-12-10-20(11-13-29)30-23-9-8-18(26)14-22(23)28-24(30)31/h1-9,14,20H,10-13,15H2,(H,28,31). The first-order chi connectivity index (χ1) is 15.1. The Labute approximate surface area is 178 Å². The number of nitrogens with one attached hydrogen (secondary N) is 1. The van der Waals surface area contributed by atoms with Gasteiger partial charge >= 0.3 is 5.69 Å². The monoisotopic (exact) mass is 420 g/mol. The third-order valence-corrected chi connectivity index (χ3v) is 5.93. The Morgan fingerprint density at radius 3 is 2.48 bits per heavy atom. The second-order valence-corrected chi connectivity index (χ2v) is 7.99. The second-order valence-electron chi connectivity index (χ2n) is 7.99. The number of fused-ring (bicyclic) bond motifs is 1. The number of imidazole rings is 1. The smallest absolute Gasteiger partial charge is 0.305 e. The van der Waals surface area contributed by atoms with Gasteiger partial charge in [-0.15, -0.1) is 0 Å². The van der Waals surface area contributed by atoms with Crippen LogP contribution in [-0.4, -0.2) is 32.5 Å². The van der Waals surface area contributed by atoms with Gasteiger partial charge in [-0.2, -0.15) is 0 Å². The van der Waals surface area contributed by atoms with Gasteiger partial charge in [0, 0.05) is 31.2 Å². The van der Waals surface area contributed by atoms with Crippen molar-refractivity contribution < 1.29 is 8.78 Å². The van der Waals surface area contributed by atoms with Crippen LogP contribution in [0.15, 0.2) is 65.5 Å². The van der Waals surface area contributed by atoms with Gasteiger partial charge in [0.1, 0.15) is 11.6 Å². The van der Waals surface area contributed by atoms with Crippen LogP contribution in [0, 0.1) is 11.6 Å². The molecule has 2 aromatic carbocycles. The number of hydrogen-bond donors (Lipinski definition) is 1. The maximum absolute atomic E-state index is 13.5. The number of nitrogens with zero attached hydrogens (tertiary/aromatic N) is 3. The number of H-pyrrole nitrogens is 1. The molecule has 5 nitrogen and oxygen atoms in total. The van der Waals surface area contributed by atoms with Crippen LogP contribution in [0.3, 0.4) is 0 Å². The molecule has 158 valence electrons. The van der Waals surface area contributed by atoms with E-state index in [0.717, 1.165) is 54.9 Å². The molecule has 0 aliphatic carbocycles. The van der Waals surface area contributed by atoms with E-state index < -0.39 is 0 Å². The highest BCUT2D eigenvalue weighted by molar-refractivity contribution is 5.75. The predicted molar refractivity (Wildman–Crippen MR) is 116 cm³/mol. The van der Waals surface area contributed by atoms with E-state index >= 15 is 0 Å². The summed E-state index contributed by atoms with van der Waals surface area (Å²) in [6.07, 6.45) is 1.67. The minimum absolute atomic E-state index is 0.0847. The second kappa shape index (κ2) is 8.07. The summed E-state index contributed by atoms with van der Waals surface area (Å²) in [6.45, 7) is 2.40. The highest BCUT2D eigenvalue weighted by Gasteiger charge is 2.24. The molecule has 1 N–H and O–H groups in total. The lowest BCUT2D eigenvalue weighted by molar-refractivity contribution is 0.178. The average Bonchev–Trinajstić information content (AvgIpc) is 3.10. The summed E-state index contributed by atoms with van der Waals surface area (Å²) in [5.41, 5.74) is 3.77. The maximum atomic E-state index is 13.5. The Morgan fingerprint density at radius 2 is 1.71 bits per heavy atom. The van der Waals surface area contributed by atoms with Crippen molar-refractivity contribution in [1.82, 2.24) is 19.4 Å². The van der Waals surface area contributed by atoms with Crippen LogP contribution in [-0.2, 0) is 6.54 Å². The van der Waals surface area contributed by atoms with Gasteiger partial charge in [-0.3, -0.25) is 14.5 Å². The van der Waals surface area contributed by atoms with Crippen LogP contribution in [0.4, 0.5) is 8.78 Å². The molecule has 0 spiro atoms. The van der Waals surface area contributed by atoms with Crippen LogP contribution < -0.4 is 5.69 Å². The summed E-state index contributed by atoms with van der Waals surface area (Å²) < 4.78 is 28.4. The minimum atomic E-state index is -0.355. The van der Waals surface area contributed by atoms with Gasteiger partial charge in [0.15, 0.2) is 0 Å². The van der Waals surface area contributed by atoms with E-state index in [0.29, 0.717) is 5.52 Å². The summed E-state index contributed by atoms with van der Waals surface area (Å²) in [5.74, 6) is -0.617. The molecule has 4 aromatic rings. The molecule has 0 saturated carbocycles. The third-order valence-electron chi connectivity index (χ3n) is 5.93. The number of likely N-dealkylation sites (tertiary alicyclic amines) is 1.